The average Bonchev–Trinajstić information content (AvgIpc) is 2.97. The molecule has 18 heavy (non-hydrogen) atoms. The van der Waals surface area contributed by atoms with Crippen LogP contribution in [0.5, 0.6) is 0 Å². The third kappa shape index (κ3) is 2.74. The van der Waals surface area contributed by atoms with Crippen molar-refractivity contribution in [2.24, 2.45) is 12.8 Å². The largest absolute Gasteiger partial charge is 0.381 e. The molecular weight excluding hydrogens is 234 g/mol. The van der Waals surface area contributed by atoms with Crippen LogP contribution in [0, 0.1) is 0 Å². The number of hydrogen-bond acceptors (Lipinski definition) is 6. The Hall–Kier alpha value is -1.73. The number of methoxy groups -OCH3 is 1. The van der Waals surface area contributed by atoms with Crippen molar-refractivity contribution >= 4 is 0 Å². The Morgan fingerprint density at radius 3 is 2.94 bits per heavy atom. The van der Waals surface area contributed by atoms with Crippen LogP contribution in [-0.4, -0.2) is 33.1 Å². The molecule has 2 aromatic heterocycles. The average molecular weight is 251 g/mol. The highest BCUT2D eigenvalue weighted by molar-refractivity contribution is 5.16. The monoisotopic (exact) mass is 251 g/mol. The minimum absolute atomic E-state index is 0.0464. The molecule has 0 saturated heterocycles. The molecular formula is C11H17N5O2. The highest BCUT2D eigenvalue weighted by Crippen LogP contribution is 2.17. The molecule has 7 nitrogen and oxygen atoms in total. The Kier molecular flexibility index (Phi) is 3.73. The lowest BCUT2D eigenvalue weighted by atomic mass is 10.2. The van der Waals surface area contributed by atoms with Crippen LogP contribution in [0.4, 0.5) is 0 Å². The summed E-state index contributed by atoms with van der Waals surface area (Å²) in [5.41, 5.74) is 6.87. The molecule has 0 aromatic carbocycles. The standard InChI is InChI=1S/C11H17N5O2/c1-7(17-3)4-9-14-11(18-15-9)10(12)8-5-13-16(2)6-8/h5-7,10H,4,12H2,1-3H3. The van der Waals surface area contributed by atoms with E-state index in [1.54, 1.807) is 18.0 Å². The highest BCUT2D eigenvalue weighted by Gasteiger charge is 2.18. The third-order valence-corrected chi connectivity index (χ3v) is 2.71. The molecule has 2 unspecified atom stereocenters. The van der Waals surface area contributed by atoms with E-state index in [4.69, 9.17) is 15.0 Å². The fourth-order valence-electron chi connectivity index (χ4n) is 1.56. The zero-order valence-electron chi connectivity index (χ0n) is 10.7. The Balaban J connectivity index is 2.09. The first kappa shape index (κ1) is 12.7. The first-order valence-corrected chi connectivity index (χ1v) is 5.69. The first-order chi connectivity index (χ1) is 8.60. The van der Waals surface area contributed by atoms with E-state index in [2.05, 4.69) is 15.2 Å². The summed E-state index contributed by atoms with van der Waals surface area (Å²) in [4.78, 5) is 4.26. The van der Waals surface area contributed by atoms with Gasteiger partial charge in [0.05, 0.1) is 12.3 Å². The number of aromatic nitrogens is 4. The number of ether oxygens (including phenoxy) is 1. The van der Waals surface area contributed by atoms with Crippen molar-refractivity contribution in [1.29, 1.82) is 0 Å². The first-order valence-electron chi connectivity index (χ1n) is 5.69. The fraction of sp³-hybridized carbons (Fsp3) is 0.545. The zero-order valence-corrected chi connectivity index (χ0v) is 10.7. The second-order valence-electron chi connectivity index (χ2n) is 4.22. The molecule has 0 amide bonds. The van der Waals surface area contributed by atoms with Gasteiger partial charge < -0.3 is 15.0 Å². The summed E-state index contributed by atoms with van der Waals surface area (Å²) in [6.07, 6.45) is 4.16. The molecule has 0 aliphatic heterocycles. The Labute approximate surface area is 105 Å². The van der Waals surface area contributed by atoms with Crippen molar-refractivity contribution in [2.45, 2.75) is 25.5 Å². The molecule has 2 rings (SSSR count). The molecule has 7 heteroatoms. The quantitative estimate of drug-likeness (QED) is 0.828. The number of aryl methyl sites for hydroxylation is 1. The molecule has 98 valence electrons. The van der Waals surface area contributed by atoms with Gasteiger partial charge in [-0.15, -0.1) is 0 Å². The van der Waals surface area contributed by atoms with E-state index < -0.39 is 6.04 Å². The van der Waals surface area contributed by atoms with Gasteiger partial charge in [-0.2, -0.15) is 10.1 Å². The van der Waals surface area contributed by atoms with Gasteiger partial charge in [-0.25, -0.2) is 0 Å². The summed E-state index contributed by atoms with van der Waals surface area (Å²) in [6.45, 7) is 1.94. The van der Waals surface area contributed by atoms with Gasteiger partial charge >= 0.3 is 0 Å². The van der Waals surface area contributed by atoms with Crippen molar-refractivity contribution in [3.8, 4) is 0 Å². The maximum atomic E-state index is 6.03. The molecule has 0 aliphatic rings. The van der Waals surface area contributed by atoms with E-state index in [9.17, 15) is 0 Å². The molecule has 2 N–H and O–H groups in total. The summed E-state index contributed by atoms with van der Waals surface area (Å²) in [5.74, 6) is 0.986. The molecule has 2 atom stereocenters. The van der Waals surface area contributed by atoms with Gasteiger partial charge in [-0.1, -0.05) is 5.16 Å². The summed E-state index contributed by atoms with van der Waals surface area (Å²) >= 11 is 0. The number of hydrogen-bond donors (Lipinski definition) is 1. The highest BCUT2D eigenvalue weighted by atomic mass is 16.5. The van der Waals surface area contributed by atoms with E-state index >= 15 is 0 Å². The lowest BCUT2D eigenvalue weighted by Gasteiger charge is -2.04. The van der Waals surface area contributed by atoms with Crippen LogP contribution in [-0.2, 0) is 18.2 Å². The number of nitrogens with two attached hydrogens (primary N) is 1. The molecule has 0 fully saturated rings. The van der Waals surface area contributed by atoms with E-state index in [1.807, 2.05) is 20.2 Å². The summed E-state index contributed by atoms with van der Waals surface area (Å²) < 4.78 is 12.0. The molecule has 2 aromatic rings. The van der Waals surface area contributed by atoms with Crippen molar-refractivity contribution < 1.29 is 9.26 Å². The van der Waals surface area contributed by atoms with Crippen LogP contribution in [0.1, 0.15) is 30.2 Å². The van der Waals surface area contributed by atoms with Crippen LogP contribution < -0.4 is 5.73 Å². The minimum Gasteiger partial charge on any atom is -0.381 e. The second-order valence-corrected chi connectivity index (χ2v) is 4.22. The summed E-state index contributed by atoms with van der Waals surface area (Å²) in [5, 5.41) is 7.94. The molecule has 0 aliphatic carbocycles. The predicted octanol–water partition coefficient (Wildman–Crippen LogP) is 0.429. The van der Waals surface area contributed by atoms with Crippen molar-refractivity contribution in [3.63, 3.8) is 0 Å². The van der Waals surface area contributed by atoms with Gasteiger partial charge in [0.15, 0.2) is 5.82 Å². The van der Waals surface area contributed by atoms with Gasteiger partial charge in [0.25, 0.3) is 0 Å². The normalized spacial score (nSPS) is 14.7. The number of rotatable bonds is 5. The van der Waals surface area contributed by atoms with E-state index in [-0.39, 0.29) is 6.10 Å². The molecule has 0 radical (unpaired) electrons. The fourth-order valence-corrected chi connectivity index (χ4v) is 1.56. The second kappa shape index (κ2) is 5.28. The van der Waals surface area contributed by atoms with Crippen LogP contribution in [0.3, 0.4) is 0 Å². The summed E-state index contributed by atoms with van der Waals surface area (Å²) in [6, 6.07) is -0.446. The van der Waals surface area contributed by atoms with Crippen molar-refractivity contribution in [2.75, 3.05) is 7.11 Å². The summed E-state index contributed by atoms with van der Waals surface area (Å²) in [7, 11) is 3.47. The van der Waals surface area contributed by atoms with Gasteiger partial charge in [0.2, 0.25) is 5.89 Å². The predicted molar refractivity (Wildman–Crippen MR) is 63.7 cm³/mol. The SMILES string of the molecule is COC(C)Cc1noc(C(N)c2cnn(C)c2)n1. The van der Waals surface area contributed by atoms with Crippen LogP contribution >= 0.6 is 0 Å². The lowest BCUT2D eigenvalue weighted by molar-refractivity contribution is 0.116. The van der Waals surface area contributed by atoms with E-state index in [1.165, 1.54) is 0 Å². The molecule has 0 spiro atoms. The van der Waals surface area contributed by atoms with Gasteiger partial charge in [0, 0.05) is 32.3 Å². The van der Waals surface area contributed by atoms with Crippen molar-refractivity contribution in [1.82, 2.24) is 19.9 Å². The molecule has 2 heterocycles. The smallest absolute Gasteiger partial charge is 0.248 e. The molecule has 0 bridgehead atoms. The van der Waals surface area contributed by atoms with E-state index in [0.29, 0.717) is 18.1 Å². The molecule has 0 saturated carbocycles. The Bertz CT molecular complexity index is 507. The van der Waals surface area contributed by atoms with Crippen LogP contribution in [0.25, 0.3) is 0 Å². The minimum atomic E-state index is -0.446. The maximum Gasteiger partial charge on any atom is 0.248 e. The Morgan fingerprint density at radius 2 is 2.33 bits per heavy atom. The lowest BCUT2D eigenvalue weighted by Crippen LogP contribution is -2.13. The van der Waals surface area contributed by atoms with Gasteiger partial charge in [-0.05, 0) is 6.92 Å². The Morgan fingerprint density at radius 1 is 1.56 bits per heavy atom. The van der Waals surface area contributed by atoms with Crippen LogP contribution in [0.15, 0.2) is 16.9 Å². The third-order valence-electron chi connectivity index (χ3n) is 2.71. The van der Waals surface area contributed by atoms with E-state index in [0.717, 1.165) is 5.56 Å². The van der Waals surface area contributed by atoms with Gasteiger partial charge in [0.1, 0.15) is 6.04 Å². The zero-order chi connectivity index (χ0) is 13.1. The number of nitrogens with zero attached hydrogens (tertiary/aromatic N) is 4. The maximum absolute atomic E-state index is 6.03. The van der Waals surface area contributed by atoms with Crippen LogP contribution in [0.2, 0.25) is 0 Å². The topological polar surface area (TPSA) is 92.0 Å². The van der Waals surface area contributed by atoms with Gasteiger partial charge in [-0.3, -0.25) is 4.68 Å². The van der Waals surface area contributed by atoms with Crippen molar-refractivity contribution in [3.05, 3.63) is 29.7 Å².